The van der Waals surface area contributed by atoms with Gasteiger partial charge in [0.1, 0.15) is 0 Å². The Morgan fingerprint density at radius 3 is 2.31 bits per heavy atom. The summed E-state index contributed by atoms with van der Waals surface area (Å²) in [6.07, 6.45) is 7.09. The number of hydrogen-bond acceptors (Lipinski definition) is 2. The first-order valence-electron chi connectivity index (χ1n) is 7.10. The van der Waals surface area contributed by atoms with Crippen molar-refractivity contribution < 1.29 is 0 Å². The lowest BCUT2D eigenvalue weighted by molar-refractivity contribution is 0.153. The highest BCUT2D eigenvalue weighted by Crippen LogP contribution is 2.28. The molecule has 0 heterocycles. The van der Waals surface area contributed by atoms with Gasteiger partial charge in [-0.15, -0.1) is 0 Å². The second-order valence-corrected chi connectivity index (χ2v) is 5.48. The summed E-state index contributed by atoms with van der Waals surface area (Å²) in [6, 6.07) is 1.46. The van der Waals surface area contributed by atoms with Gasteiger partial charge in [0.05, 0.1) is 0 Å². The molecule has 2 nitrogen and oxygen atoms in total. The molecular weight excluding hydrogens is 196 g/mol. The lowest BCUT2D eigenvalue weighted by Gasteiger charge is -2.35. The Hall–Kier alpha value is -0.0800. The van der Waals surface area contributed by atoms with Gasteiger partial charge < -0.3 is 10.2 Å². The Bertz CT molecular complexity index is 174. The third kappa shape index (κ3) is 4.42. The molecule has 1 aliphatic rings. The molecule has 1 saturated carbocycles. The highest BCUT2D eigenvalue weighted by atomic mass is 15.1. The fourth-order valence-electron chi connectivity index (χ4n) is 2.99. The van der Waals surface area contributed by atoms with Crippen molar-refractivity contribution in [3.63, 3.8) is 0 Å². The maximum Gasteiger partial charge on any atom is 0.0166 e. The minimum absolute atomic E-state index is 0.624. The van der Waals surface area contributed by atoms with Crippen LogP contribution in [0.1, 0.15) is 52.9 Å². The molecule has 0 radical (unpaired) electrons. The lowest BCUT2D eigenvalue weighted by atomic mass is 9.84. The monoisotopic (exact) mass is 226 g/mol. The van der Waals surface area contributed by atoms with E-state index < -0.39 is 0 Å². The quantitative estimate of drug-likeness (QED) is 0.749. The standard InChI is InChI=1S/C14H30N2/c1-5-13-7-9-14(10-8-13)16(4)11-12(3)15-6-2/h12-15H,5-11H2,1-4H3. The van der Waals surface area contributed by atoms with E-state index in [1.807, 2.05) is 0 Å². The molecule has 0 saturated heterocycles. The van der Waals surface area contributed by atoms with Crippen molar-refractivity contribution in [2.75, 3.05) is 20.1 Å². The maximum atomic E-state index is 3.49. The molecule has 96 valence electrons. The number of hydrogen-bond donors (Lipinski definition) is 1. The van der Waals surface area contributed by atoms with Crippen LogP contribution in [0.15, 0.2) is 0 Å². The predicted octanol–water partition coefficient (Wildman–Crippen LogP) is 2.89. The molecule has 1 aliphatic carbocycles. The molecule has 0 aromatic rings. The van der Waals surface area contributed by atoms with Gasteiger partial charge in [-0.25, -0.2) is 0 Å². The average molecular weight is 226 g/mol. The van der Waals surface area contributed by atoms with Crippen molar-refractivity contribution >= 4 is 0 Å². The van der Waals surface area contributed by atoms with Crippen LogP contribution in [0.2, 0.25) is 0 Å². The maximum absolute atomic E-state index is 3.49. The summed E-state index contributed by atoms with van der Waals surface area (Å²) in [7, 11) is 2.30. The smallest absolute Gasteiger partial charge is 0.0166 e. The summed E-state index contributed by atoms with van der Waals surface area (Å²) in [5.41, 5.74) is 0. The van der Waals surface area contributed by atoms with Crippen LogP contribution in [0.4, 0.5) is 0 Å². The molecule has 1 atom stereocenters. The van der Waals surface area contributed by atoms with E-state index in [4.69, 9.17) is 0 Å². The Labute approximate surface area is 102 Å². The zero-order valence-electron chi connectivity index (χ0n) is 11.6. The fraction of sp³-hybridized carbons (Fsp3) is 1.00. The molecule has 1 rings (SSSR count). The molecule has 0 aromatic heterocycles. The van der Waals surface area contributed by atoms with Crippen LogP contribution in [0.3, 0.4) is 0 Å². The summed E-state index contributed by atoms with van der Waals surface area (Å²) in [5.74, 6) is 1.01. The molecule has 1 unspecified atom stereocenters. The third-order valence-electron chi connectivity index (χ3n) is 4.13. The van der Waals surface area contributed by atoms with Crippen LogP contribution in [-0.4, -0.2) is 37.1 Å². The van der Waals surface area contributed by atoms with E-state index in [1.165, 1.54) is 38.6 Å². The molecule has 1 fully saturated rings. The topological polar surface area (TPSA) is 15.3 Å². The minimum atomic E-state index is 0.624. The molecule has 16 heavy (non-hydrogen) atoms. The Morgan fingerprint density at radius 1 is 1.19 bits per heavy atom. The highest BCUT2D eigenvalue weighted by molar-refractivity contribution is 4.79. The van der Waals surface area contributed by atoms with Gasteiger partial charge in [-0.3, -0.25) is 0 Å². The van der Waals surface area contributed by atoms with Crippen molar-refractivity contribution in [3.05, 3.63) is 0 Å². The predicted molar refractivity (Wildman–Crippen MR) is 71.8 cm³/mol. The van der Waals surface area contributed by atoms with Crippen LogP contribution in [-0.2, 0) is 0 Å². The van der Waals surface area contributed by atoms with Crippen molar-refractivity contribution in [2.24, 2.45) is 5.92 Å². The number of nitrogens with one attached hydrogen (secondary N) is 1. The van der Waals surface area contributed by atoms with Gasteiger partial charge in [-0.05, 0) is 52.1 Å². The molecular formula is C14H30N2. The molecule has 2 heteroatoms. The van der Waals surface area contributed by atoms with Gasteiger partial charge >= 0.3 is 0 Å². The fourth-order valence-corrected chi connectivity index (χ4v) is 2.99. The first-order valence-corrected chi connectivity index (χ1v) is 7.10. The van der Waals surface area contributed by atoms with Crippen LogP contribution in [0.25, 0.3) is 0 Å². The van der Waals surface area contributed by atoms with Gasteiger partial charge in [0.15, 0.2) is 0 Å². The SMILES string of the molecule is CCNC(C)CN(C)C1CCC(CC)CC1. The number of likely N-dealkylation sites (N-methyl/N-ethyl adjacent to an activating group) is 2. The van der Waals surface area contributed by atoms with Gasteiger partial charge in [-0.2, -0.15) is 0 Å². The summed E-state index contributed by atoms with van der Waals surface area (Å²) in [5, 5.41) is 3.49. The van der Waals surface area contributed by atoms with Crippen molar-refractivity contribution in [3.8, 4) is 0 Å². The summed E-state index contributed by atoms with van der Waals surface area (Å²) >= 11 is 0. The summed E-state index contributed by atoms with van der Waals surface area (Å²) in [4.78, 5) is 2.57. The van der Waals surface area contributed by atoms with E-state index in [0.29, 0.717) is 6.04 Å². The second-order valence-electron chi connectivity index (χ2n) is 5.48. The van der Waals surface area contributed by atoms with Crippen LogP contribution < -0.4 is 5.32 Å². The van der Waals surface area contributed by atoms with Gasteiger partial charge in [0.2, 0.25) is 0 Å². The van der Waals surface area contributed by atoms with Crippen LogP contribution >= 0.6 is 0 Å². The zero-order valence-corrected chi connectivity index (χ0v) is 11.6. The van der Waals surface area contributed by atoms with Crippen molar-refractivity contribution in [2.45, 2.75) is 65.0 Å². The van der Waals surface area contributed by atoms with Gasteiger partial charge in [0, 0.05) is 18.6 Å². The molecule has 1 N–H and O–H groups in total. The van der Waals surface area contributed by atoms with Gasteiger partial charge in [0.25, 0.3) is 0 Å². The first kappa shape index (κ1) is 14.0. The summed E-state index contributed by atoms with van der Waals surface area (Å²) in [6.45, 7) is 9.08. The second kappa shape index (κ2) is 7.29. The van der Waals surface area contributed by atoms with E-state index in [0.717, 1.165) is 18.5 Å². The Balaban J connectivity index is 2.24. The zero-order chi connectivity index (χ0) is 12.0. The largest absolute Gasteiger partial charge is 0.313 e. The van der Waals surface area contributed by atoms with E-state index >= 15 is 0 Å². The van der Waals surface area contributed by atoms with E-state index in [1.54, 1.807) is 0 Å². The van der Waals surface area contributed by atoms with Crippen LogP contribution in [0, 0.1) is 5.92 Å². The van der Waals surface area contributed by atoms with Crippen molar-refractivity contribution in [1.82, 2.24) is 10.2 Å². The van der Waals surface area contributed by atoms with Gasteiger partial charge in [-0.1, -0.05) is 20.3 Å². The third-order valence-corrected chi connectivity index (χ3v) is 4.13. The lowest BCUT2D eigenvalue weighted by Crippen LogP contribution is -2.43. The average Bonchev–Trinajstić information content (AvgIpc) is 2.29. The molecule has 0 aromatic carbocycles. The number of nitrogens with zero attached hydrogens (tertiary/aromatic N) is 1. The molecule has 0 bridgehead atoms. The molecule has 0 aliphatic heterocycles. The van der Waals surface area contributed by atoms with E-state index in [-0.39, 0.29) is 0 Å². The molecule has 0 spiro atoms. The Morgan fingerprint density at radius 2 is 1.81 bits per heavy atom. The van der Waals surface area contributed by atoms with Crippen molar-refractivity contribution in [1.29, 1.82) is 0 Å². The highest BCUT2D eigenvalue weighted by Gasteiger charge is 2.23. The van der Waals surface area contributed by atoms with Crippen LogP contribution in [0.5, 0.6) is 0 Å². The number of rotatable bonds is 6. The van der Waals surface area contributed by atoms with E-state index in [2.05, 4.69) is 38.0 Å². The normalized spacial score (nSPS) is 28.3. The minimum Gasteiger partial charge on any atom is -0.313 e. The molecule has 0 amide bonds. The summed E-state index contributed by atoms with van der Waals surface area (Å²) < 4.78 is 0. The van der Waals surface area contributed by atoms with E-state index in [9.17, 15) is 0 Å². The Kier molecular flexibility index (Phi) is 6.37. The first-order chi connectivity index (χ1) is 7.67.